The first-order valence-corrected chi connectivity index (χ1v) is 9.29. The molecule has 1 aliphatic heterocycles. The molecule has 0 atom stereocenters. The third-order valence-corrected chi connectivity index (χ3v) is 5.32. The molecule has 0 saturated heterocycles. The van der Waals surface area contributed by atoms with Crippen molar-refractivity contribution in [1.29, 1.82) is 0 Å². The molecule has 0 radical (unpaired) electrons. The lowest BCUT2D eigenvalue weighted by Crippen LogP contribution is -2.27. The van der Waals surface area contributed by atoms with E-state index in [-0.39, 0.29) is 24.6 Å². The molecule has 4 aromatic rings. The Morgan fingerprint density at radius 1 is 1.14 bits per heavy atom. The van der Waals surface area contributed by atoms with Crippen molar-refractivity contribution >= 4 is 11.6 Å². The fraction of sp³-hybridized carbons (Fsp3) is 0.190. The molecule has 1 aliphatic rings. The summed E-state index contributed by atoms with van der Waals surface area (Å²) in [5, 5.41) is 3.13. The molecule has 29 heavy (non-hydrogen) atoms. The number of aromatic nitrogens is 5. The molecule has 0 fully saturated rings. The monoisotopic (exact) mass is 386 g/mol. The minimum absolute atomic E-state index is 0.174. The molecule has 8 heteroatoms. The van der Waals surface area contributed by atoms with Crippen LogP contribution in [0.5, 0.6) is 0 Å². The average molecular weight is 386 g/mol. The van der Waals surface area contributed by atoms with E-state index in [1.165, 1.54) is 17.0 Å². The van der Waals surface area contributed by atoms with Gasteiger partial charge < -0.3 is 4.90 Å². The minimum atomic E-state index is -0.200. The van der Waals surface area contributed by atoms with Crippen LogP contribution in [0.15, 0.2) is 47.7 Å². The molecular weight excluding hydrogens is 368 g/mol. The smallest absolute Gasteiger partial charge is 0.278 e. The third-order valence-electron chi connectivity index (χ3n) is 5.32. The van der Waals surface area contributed by atoms with E-state index in [4.69, 9.17) is 4.98 Å². The molecule has 0 unspecified atom stereocenters. The van der Waals surface area contributed by atoms with Gasteiger partial charge in [-0.25, -0.2) is 19.5 Å². The van der Waals surface area contributed by atoms with E-state index in [1.54, 1.807) is 11.8 Å². The number of nitrogens with one attached hydrogen (secondary N) is 1. The second-order valence-electron chi connectivity index (χ2n) is 7.16. The maximum absolute atomic E-state index is 13.1. The van der Waals surface area contributed by atoms with Gasteiger partial charge >= 0.3 is 0 Å². The zero-order chi connectivity index (χ0) is 20.1. The zero-order valence-electron chi connectivity index (χ0n) is 16.0. The number of aromatic amines is 1. The van der Waals surface area contributed by atoms with Gasteiger partial charge in [0.1, 0.15) is 6.33 Å². The number of hydrogen-bond acceptors (Lipinski definition) is 5. The molecule has 5 rings (SSSR count). The molecule has 0 bridgehead atoms. The van der Waals surface area contributed by atoms with Gasteiger partial charge in [-0.2, -0.15) is 0 Å². The molecule has 8 nitrogen and oxygen atoms in total. The van der Waals surface area contributed by atoms with E-state index < -0.39 is 0 Å². The summed E-state index contributed by atoms with van der Waals surface area (Å²) in [6.07, 6.45) is 2.92. The quantitative estimate of drug-likeness (QED) is 0.570. The summed E-state index contributed by atoms with van der Waals surface area (Å²) in [7, 11) is 0. The molecular formula is C21H18N6O2. The Bertz CT molecular complexity index is 1320. The van der Waals surface area contributed by atoms with Gasteiger partial charge in [0.2, 0.25) is 0 Å². The van der Waals surface area contributed by atoms with Gasteiger partial charge in [-0.1, -0.05) is 30.3 Å². The first-order chi connectivity index (χ1) is 14.0. The predicted octanol–water partition coefficient (Wildman–Crippen LogP) is 2.25. The fourth-order valence-electron chi connectivity index (χ4n) is 3.84. The van der Waals surface area contributed by atoms with Gasteiger partial charge in [0.15, 0.2) is 5.65 Å². The highest BCUT2D eigenvalue weighted by atomic mass is 16.2. The molecule has 1 amide bonds. The number of amides is 1. The SMILES string of the molecule is Cc1ncncc1C(=O)N1Cc2nc3c(-c4ccccc4)c(C)[nH]n3c(=O)c2C1. The van der Waals surface area contributed by atoms with Crippen molar-refractivity contribution < 1.29 is 4.79 Å². The van der Waals surface area contributed by atoms with Crippen LogP contribution in [-0.4, -0.2) is 35.4 Å². The lowest BCUT2D eigenvalue weighted by Gasteiger charge is -2.15. The normalized spacial score (nSPS) is 13.1. The topological polar surface area (TPSA) is 96.2 Å². The number of carbonyl (C=O) groups is 1. The van der Waals surface area contributed by atoms with Crippen LogP contribution >= 0.6 is 0 Å². The second-order valence-corrected chi connectivity index (χ2v) is 7.16. The lowest BCUT2D eigenvalue weighted by atomic mass is 10.1. The Morgan fingerprint density at radius 3 is 2.69 bits per heavy atom. The van der Waals surface area contributed by atoms with E-state index in [1.807, 2.05) is 37.3 Å². The van der Waals surface area contributed by atoms with Crippen molar-refractivity contribution in [2.75, 3.05) is 0 Å². The van der Waals surface area contributed by atoms with Crippen LogP contribution in [0.3, 0.4) is 0 Å². The van der Waals surface area contributed by atoms with Gasteiger partial charge in [0.05, 0.1) is 35.6 Å². The van der Waals surface area contributed by atoms with Crippen LogP contribution in [0.4, 0.5) is 0 Å². The van der Waals surface area contributed by atoms with E-state index in [0.717, 1.165) is 16.8 Å². The number of H-pyrrole nitrogens is 1. The second kappa shape index (κ2) is 6.37. The Labute approximate surface area is 165 Å². The molecule has 0 spiro atoms. The summed E-state index contributed by atoms with van der Waals surface area (Å²) in [5.74, 6) is -0.200. The van der Waals surface area contributed by atoms with Crippen LogP contribution in [0.25, 0.3) is 16.8 Å². The fourth-order valence-corrected chi connectivity index (χ4v) is 3.84. The van der Waals surface area contributed by atoms with Crippen molar-refractivity contribution in [3.8, 4) is 11.1 Å². The standard InChI is InChI=1S/C21H18N6O2/c1-12-15(8-22-11-23-12)20(28)26-9-16-17(10-26)24-19-18(14-6-4-3-5-7-14)13(2)25-27(19)21(16)29/h3-8,11,25H,9-10H2,1-2H3. The highest BCUT2D eigenvalue weighted by Gasteiger charge is 2.30. The van der Waals surface area contributed by atoms with Gasteiger partial charge in [-0.15, -0.1) is 0 Å². The van der Waals surface area contributed by atoms with Crippen LogP contribution < -0.4 is 5.56 Å². The Morgan fingerprint density at radius 2 is 1.93 bits per heavy atom. The van der Waals surface area contributed by atoms with Gasteiger partial charge in [0.25, 0.3) is 11.5 Å². The van der Waals surface area contributed by atoms with Crippen molar-refractivity contribution in [2.24, 2.45) is 0 Å². The van der Waals surface area contributed by atoms with Gasteiger partial charge in [0, 0.05) is 17.5 Å². The third kappa shape index (κ3) is 2.64. The number of fused-ring (bicyclic) bond motifs is 2. The summed E-state index contributed by atoms with van der Waals surface area (Å²) in [5.41, 5.74) is 5.36. The summed E-state index contributed by atoms with van der Waals surface area (Å²) < 4.78 is 1.47. The first-order valence-electron chi connectivity index (χ1n) is 9.29. The molecule has 0 saturated carbocycles. The maximum atomic E-state index is 13.1. The summed E-state index contributed by atoms with van der Waals surface area (Å²) in [4.78, 5) is 40.5. The Hall–Kier alpha value is -3.81. The molecule has 1 N–H and O–H groups in total. The number of carbonyl (C=O) groups excluding carboxylic acids is 1. The number of benzene rings is 1. The molecule has 0 aliphatic carbocycles. The van der Waals surface area contributed by atoms with Crippen molar-refractivity contribution in [2.45, 2.75) is 26.9 Å². The highest BCUT2D eigenvalue weighted by Crippen LogP contribution is 2.28. The Balaban J connectivity index is 1.60. The van der Waals surface area contributed by atoms with Crippen LogP contribution in [0.2, 0.25) is 0 Å². The van der Waals surface area contributed by atoms with Crippen molar-refractivity contribution in [3.05, 3.63) is 81.4 Å². The van der Waals surface area contributed by atoms with Crippen LogP contribution in [0, 0.1) is 13.8 Å². The lowest BCUT2D eigenvalue weighted by molar-refractivity contribution is 0.0748. The molecule has 1 aromatic carbocycles. The Kier molecular flexibility index (Phi) is 3.80. The average Bonchev–Trinajstić information content (AvgIpc) is 3.30. The summed E-state index contributed by atoms with van der Waals surface area (Å²) in [6.45, 7) is 4.20. The number of hydrogen-bond donors (Lipinski definition) is 1. The summed E-state index contributed by atoms with van der Waals surface area (Å²) >= 11 is 0. The molecule has 3 aromatic heterocycles. The highest BCUT2D eigenvalue weighted by molar-refractivity contribution is 5.95. The first kappa shape index (κ1) is 17.3. The molecule has 144 valence electrons. The largest absolute Gasteiger partial charge is 0.328 e. The number of rotatable bonds is 2. The predicted molar refractivity (Wildman–Crippen MR) is 106 cm³/mol. The number of aryl methyl sites for hydroxylation is 2. The number of nitrogens with zero attached hydrogens (tertiary/aromatic N) is 5. The van der Waals surface area contributed by atoms with Crippen molar-refractivity contribution in [3.63, 3.8) is 0 Å². The molecule has 4 heterocycles. The zero-order valence-corrected chi connectivity index (χ0v) is 16.0. The summed E-state index contributed by atoms with van der Waals surface area (Å²) in [6, 6.07) is 9.83. The van der Waals surface area contributed by atoms with Gasteiger partial charge in [-0.3, -0.25) is 14.7 Å². The van der Waals surface area contributed by atoms with E-state index >= 15 is 0 Å². The van der Waals surface area contributed by atoms with E-state index in [2.05, 4.69) is 15.1 Å². The van der Waals surface area contributed by atoms with E-state index in [0.29, 0.717) is 28.2 Å². The van der Waals surface area contributed by atoms with E-state index in [9.17, 15) is 9.59 Å². The maximum Gasteiger partial charge on any atom is 0.278 e. The van der Waals surface area contributed by atoms with Gasteiger partial charge in [-0.05, 0) is 19.4 Å². The minimum Gasteiger partial charge on any atom is -0.328 e. The van der Waals surface area contributed by atoms with Crippen molar-refractivity contribution in [1.82, 2.24) is 29.5 Å². The van der Waals surface area contributed by atoms with Crippen LogP contribution in [0.1, 0.15) is 33.0 Å². The van der Waals surface area contributed by atoms with Crippen LogP contribution in [-0.2, 0) is 13.1 Å².